The van der Waals surface area contributed by atoms with E-state index in [0.29, 0.717) is 0 Å². The van der Waals surface area contributed by atoms with Crippen LogP contribution in [0.2, 0.25) is 15.1 Å². The van der Waals surface area contributed by atoms with E-state index in [1.807, 2.05) is 0 Å². The van der Waals surface area contributed by atoms with Crippen LogP contribution >= 0.6 is 34.8 Å². The first-order valence-corrected chi connectivity index (χ1v) is 7.39. The summed E-state index contributed by atoms with van der Waals surface area (Å²) in [5, 5.41) is 15.1. The van der Waals surface area contributed by atoms with Gasteiger partial charge in [-0.25, -0.2) is 14.6 Å². The third kappa shape index (κ3) is 3.29. The number of hydrogen-bond donors (Lipinski definition) is 1. The molecule has 1 heterocycles. The number of hydrazone groups is 1. The predicted octanol–water partition coefficient (Wildman–Crippen LogP) is 3.23. The average Bonchev–Trinajstić information content (AvgIpc) is 2.88. The molecule has 22 heavy (non-hydrogen) atoms. The lowest BCUT2D eigenvalue weighted by atomic mass is 10.1. The highest BCUT2D eigenvalue weighted by molar-refractivity contribution is 6.44. The Labute approximate surface area is 141 Å². The zero-order valence-electron chi connectivity index (χ0n) is 11.3. The normalized spacial score (nSPS) is 17.4. The molecule has 0 saturated heterocycles. The fourth-order valence-corrected chi connectivity index (χ4v) is 2.58. The van der Waals surface area contributed by atoms with Gasteiger partial charge in [0.1, 0.15) is 5.71 Å². The van der Waals surface area contributed by atoms with Crippen molar-refractivity contribution >= 4 is 58.1 Å². The molecule has 0 fully saturated rings. The summed E-state index contributed by atoms with van der Waals surface area (Å²) < 4.78 is 4.84. The van der Waals surface area contributed by atoms with Crippen molar-refractivity contribution in [3.05, 3.63) is 27.2 Å². The van der Waals surface area contributed by atoms with Crippen LogP contribution < -0.4 is 5.01 Å². The molecule has 0 radical (unpaired) electrons. The maximum atomic E-state index is 11.7. The molecule has 1 aromatic carbocycles. The molecule has 6 nitrogen and oxygen atoms in total. The molecule has 1 aromatic rings. The van der Waals surface area contributed by atoms with Gasteiger partial charge >= 0.3 is 11.9 Å². The number of aliphatic carboxylic acids is 1. The van der Waals surface area contributed by atoms with Crippen molar-refractivity contribution in [3.63, 3.8) is 0 Å². The van der Waals surface area contributed by atoms with E-state index in [9.17, 15) is 14.7 Å². The largest absolute Gasteiger partial charge is 0.480 e. The van der Waals surface area contributed by atoms with E-state index in [1.54, 1.807) is 6.92 Å². The Morgan fingerprint density at radius 1 is 1.32 bits per heavy atom. The maximum Gasteiger partial charge on any atom is 0.354 e. The first kappa shape index (κ1) is 16.9. The Bertz CT molecular complexity index is 663. The van der Waals surface area contributed by atoms with Crippen LogP contribution in [0.3, 0.4) is 0 Å². The summed E-state index contributed by atoms with van der Waals surface area (Å²) in [6.07, 6.45) is -0.0925. The van der Waals surface area contributed by atoms with Gasteiger partial charge in [0.15, 0.2) is 6.04 Å². The molecule has 1 aliphatic heterocycles. The van der Waals surface area contributed by atoms with E-state index in [1.165, 1.54) is 12.1 Å². The molecular weight excluding hydrogens is 355 g/mol. The van der Waals surface area contributed by atoms with Gasteiger partial charge in [-0.15, -0.1) is 0 Å². The fraction of sp³-hybridized carbons (Fsp3) is 0.308. The van der Waals surface area contributed by atoms with Gasteiger partial charge in [-0.1, -0.05) is 34.8 Å². The van der Waals surface area contributed by atoms with Gasteiger partial charge in [-0.3, -0.25) is 0 Å². The quantitative estimate of drug-likeness (QED) is 0.654. The molecule has 118 valence electrons. The Balaban J connectivity index is 2.43. The lowest BCUT2D eigenvalue weighted by molar-refractivity contribution is -0.138. The van der Waals surface area contributed by atoms with E-state index in [2.05, 4.69) is 5.10 Å². The molecule has 0 amide bonds. The molecule has 1 atom stereocenters. The summed E-state index contributed by atoms with van der Waals surface area (Å²) in [4.78, 5) is 23.1. The van der Waals surface area contributed by atoms with E-state index < -0.39 is 18.0 Å². The summed E-state index contributed by atoms with van der Waals surface area (Å²) in [6, 6.07) is 1.71. The SMILES string of the molecule is CCOC(=O)C1=NN(c2cc(Cl)c(Cl)cc2Cl)C(C(=O)O)C1. The standard InChI is InChI=1S/C13H11Cl3N2O4/c1-2-22-13(21)9-5-11(12(19)20)18(17-9)10-4-7(15)6(14)3-8(10)16/h3-4,11H,2,5H2,1H3,(H,19,20). The number of esters is 1. The van der Waals surface area contributed by atoms with Crippen molar-refractivity contribution in [3.8, 4) is 0 Å². The highest BCUT2D eigenvalue weighted by Gasteiger charge is 2.37. The fourth-order valence-electron chi connectivity index (χ4n) is 1.95. The first-order valence-electron chi connectivity index (χ1n) is 6.26. The monoisotopic (exact) mass is 364 g/mol. The molecule has 1 N–H and O–H groups in total. The molecule has 2 rings (SSSR count). The number of carbonyl (C=O) groups excluding carboxylic acids is 1. The zero-order valence-corrected chi connectivity index (χ0v) is 13.6. The highest BCUT2D eigenvalue weighted by atomic mass is 35.5. The van der Waals surface area contributed by atoms with Crippen LogP contribution in [0.15, 0.2) is 17.2 Å². The van der Waals surface area contributed by atoms with Gasteiger partial charge < -0.3 is 9.84 Å². The van der Waals surface area contributed by atoms with Gasteiger partial charge in [0.2, 0.25) is 0 Å². The molecule has 0 saturated carbocycles. The number of rotatable bonds is 4. The molecular formula is C13H11Cl3N2O4. The molecule has 0 bridgehead atoms. The zero-order chi connectivity index (χ0) is 16.4. The van der Waals surface area contributed by atoms with E-state index in [4.69, 9.17) is 39.5 Å². The van der Waals surface area contributed by atoms with Crippen LogP contribution in [0, 0.1) is 0 Å². The van der Waals surface area contributed by atoms with Gasteiger partial charge in [-0.2, -0.15) is 5.10 Å². The Kier molecular flexibility index (Phi) is 5.16. The van der Waals surface area contributed by atoms with Crippen LogP contribution in [0.5, 0.6) is 0 Å². The number of carboxylic acids is 1. The first-order chi connectivity index (χ1) is 10.3. The van der Waals surface area contributed by atoms with E-state index >= 15 is 0 Å². The van der Waals surface area contributed by atoms with Crippen LogP contribution in [-0.2, 0) is 14.3 Å². The van der Waals surface area contributed by atoms with Gasteiger partial charge in [0.05, 0.1) is 27.4 Å². The van der Waals surface area contributed by atoms with Crippen molar-refractivity contribution in [2.45, 2.75) is 19.4 Å². The number of nitrogens with zero attached hydrogens (tertiary/aromatic N) is 2. The Morgan fingerprint density at radius 3 is 2.55 bits per heavy atom. The Morgan fingerprint density at radius 2 is 1.95 bits per heavy atom. The van der Waals surface area contributed by atoms with Crippen LogP contribution in [0.25, 0.3) is 0 Å². The van der Waals surface area contributed by atoms with Crippen molar-refractivity contribution in [1.29, 1.82) is 0 Å². The van der Waals surface area contributed by atoms with E-state index in [0.717, 1.165) is 5.01 Å². The minimum absolute atomic E-state index is 0.0105. The maximum absolute atomic E-state index is 11.7. The molecule has 0 aromatic heterocycles. The van der Waals surface area contributed by atoms with Gasteiger partial charge in [0, 0.05) is 6.42 Å². The number of hydrogen-bond acceptors (Lipinski definition) is 5. The summed E-state index contributed by atoms with van der Waals surface area (Å²) >= 11 is 17.9. The summed E-state index contributed by atoms with van der Waals surface area (Å²) in [5.74, 6) is -1.81. The third-order valence-corrected chi connectivity index (χ3v) is 3.97. The molecule has 0 aliphatic carbocycles. The van der Waals surface area contributed by atoms with Gasteiger partial charge in [0.25, 0.3) is 0 Å². The minimum atomic E-state index is -1.15. The van der Waals surface area contributed by atoms with Gasteiger partial charge in [-0.05, 0) is 19.1 Å². The second-order valence-corrected chi connectivity index (χ2v) is 5.61. The van der Waals surface area contributed by atoms with Crippen LogP contribution in [0.1, 0.15) is 13.3 Å². The third-order valence-electron chi connectivity index (χ3n) is 2.94. The Hall–Kier alpha value is -1.50. The summed E-state index contributed by atoms with van der Waals surface area (Å²) in [5.41, 5.74) is 0.263. The number of anilines is 1. The number of ether oxygens (including phenoxy) is 1. The smallest absolute Gasteiger partial charge is 0.354 e. The molecule has 1 unspecified atom stereocenters. The second-order valence-electron chi connectivity index (χ2n) is 4.39. The number of benzene rings is 1. The predicted molar refractivity (Wildman–Crippen MR) is 84.1 cm³/mol. The van der Waals surface area contributed by atoms with Crippen molar-refractivity contribution in [2.75, 3.05) is 11.6 Å². The molecule has 0 spiro atoms. The summed E-state index contributed by atoms with van der Waals surface area (Å²) in [7, 11) is 0. The van der Waals surface area contributed by atoms with Crippen molar-refractivity contribution < 1.29 is 19.4 Å². The van der Waals surface area contributed by atoms with Crippen LogP contribution in [0.4, 0.5) is 5.69 Å². The number of halogens is 3. The van der Waals surface area contributed by atoms with Crippen LogP contribution in [-0.4, -0.2) is 35.4 Å². The lowest BCUT2D eigenvalue weighted by Crippen LogP contribution is -2.34. The highest BCUT2D eigenvalue weighted by Crippen LogP contribution is 2.37. The van der Waals surface area contributed by atoms with Crippen molar-refractivity contribution in [2.24, 2.45) is 5.10 Å². The van der Waals surface area contributed by atoms with E-state index in [-0.39, 0.29) is 39.5 Å². The minimum Gasteiger partial charge on any atom is -0.480 e. The lowest BCUT2D eigenvalue weighted by Gasteiger charge is -2.21. The number of carbonyl (C=O) groups is 2. The molecule has 1 aliphatic rings. The van der Waals surface area contributed by atoms with Crippen molar-refractivity contribution in [1.82, 2.24) is 0 Å². The average molecular weight is 366 g/mol. The second kappa shape index (κ2) is 6.73. The topological polar surface area (TPSA) is 79.2 Å². The summed E-state index contributed by atoms with van der Waals surface area (Å²) in [6.45, 7) is 1.82. The molecule has 9 heteroatoms. The number of carboxylic acid groups (broad SMARTS) is 1.